The molecule has 1 fully saturated rings. The van der Waals surface area contributed by atoms with Crippen LogP contribution in [0.2, 0.25) is 0 Å². The summed E-state index contributed by atoms with van der Waals surface area (Å²) in [4.78, 5) is 26.8. The maximum Gasteiger partial charge on any atom is 0.310 e. The fourth-order valence-electron chi connectivity index (χ4n) is 3.97. The molecule has 0 saturated carbocycles. The van der Waals surface area contributed by atoms with Crippen molar-refractivity contribution >= 4 is 23.6 Å². The van der Waals surface area contributed by atoms with Crippen LogP contribution >= 0.6 is 11.8 Å². The van der Waals surface area contributed by atoms with Gasteiger partial charge in [0.2, 0.25) is 0 Å². The number of thioether (sulfide) groups is 1. The molecule has 1 unspecified atom stereocenters. The van der Waals surface area contributed by atoms with Gasteiger partial charge in [-0.3, -0.25) is 9.59 Å². The van der Waals surface area contributed by atoms with E-state index in [0.717, 1.165) is 40.4 Å². The minimum absolute atomic E-state index is 0.0363. The predicted octanol–water partition coefficient (Wildman–Crippen LogP) is 5.16. The van der Waals surface area contributed by atoms with Gasteiger partial charge in [-0.1, -0.05) is 53.7 Å². The van der Waals surface area contributed by atoms with E-state index < -0.39 is 0 Å². The van der Waals surface area contributed by atoms with Crippen LogP contribution in [0.3, 0.4) is 0 Å². The Hall–Kier alpha value is -3.19. The van der Waals surface area contributed by atoms with Gasteiger partial charge in [0, 0.05) is 30.0 Å². The summed E-state index contributed by atoms with van der Waals surface area (Å²) in [5, 5.41) is 9.56. The standard InChI is InChI=1S/C27H29N3O3S/c1-3-33-27(32)23-5-4-16-30(17-23)26(31)22-12-8-20(9-13-22)18-34-25-15-14-24(28-29-25)21-10-6-19(2)7-11-21/h6-15,23H,3-5,16-18H2,1-2H3. The van der Waals surface area contributed by atoms with Gasteiger partial charge >= 0.3 is 5.97 Å². The number of esters is 1. The third-order valence-corrected chi connectivity index (χ3v) is 6.89. The third kappa shape index (κ3) is 6.03. The second kappa shape index (κ2) is 11.3. The predicted molar refractivity (Wildman–Crippen MR) is 133 cm³/mol. The fraction of sp³-hybridized carbons (Fsp3) is 0.333. The van der Waals surface area contributed by atoms with Crippen LogP contribution in [0, 0.1) is 12.8 Å². The van der Waals surface area contributed by atoms with Crippen molar-refractivity contribution in [3.05, 3.63) is 77.4 Å². The number of benzene rings is 2. The van der Waals surface area contributed by atoms with E-state index in [0.29, 0.717) is 25.3 Å². The molecule has 2 aromatic carbocycles. The Morgan fingerprint density at radius 2 is 1.79 bits per heavy atom. The molecular weight excluding hydrogens is 446 g/mol. The summed E-state index contributed by atoms with van der Waals surface area (Å²) in [5.41, 5.74) is 4.87. The van der Waals surface area contributed by atoms with E-state index in [1.807, 2.05) is 36.4 Å². The Bertz CT molecular complexity index is 1120. The van der Waals surface area contributed by atoms with Gasteiger partial charge in [0.15, 0.2) is 0 Å². The SMILES string of the molecule is CCOC(=O)C1CCCN(C(=O)c2ccc(CSc3ccc(-c4ccc(C)cc4)nn3)cc2)C1. The molecule has 0 N–H and O–H groups in total. The lowest BCUT2D eigenvalue weighted by atomic mass is 9.97. The van der Waals surface area contributed by atoms with E-state index in [2.05, 4.69) is 41.4 Å². The first-order chi connectivity index (χ1) is 16.5. The van der Waals surface area contributed by atoms with Gasteiger partial charge in [-0.05, 0) is 56.5 Å². The molecule has 34 heavy (non-hydrogen) atoms. The average molecular weight is 476 g/mol. The quantitative estimate of drug-likeness (QED) is 0.347. The lowest BCUT2D eigenvalue weighted by molar-refractivity contribution is -0.149. The molecule has 1 atom stereocenters. The van der Waals surface area contributed by atoms with E-state index in [9.17, 15) is 9.59 Å². The lowest BCUT2D eigenvalue weighted by Gasteiger charge is -2.31. The van der Waals surface area contributed by atoms with Crippen LogP contribution in [0.15, 0.2) is 65.7 Å². The molecule has 1 saturated heterocycles. The summed E-state index contributed by atoms with van der Waals surface area (Å²) in [6, 6.07) is 19.9. The Balaban J connectivity index is 1.31. The molecule has 0 aliphatic carbocycles. The van der Waals surface area contributed by atoms with Crippen LogP contribution in [-0.2, 0) is 15.3 Å². The zero-order valence-corrected chi connectivity index (χ0v) is 20.4. The van der Waals surface area contributed by atoms with Gasteiger partial charge in [-0.25, -0.2) is 0 Å². The first kappa shape index (κ1) is 24.0. The molecule has 3 aromatic rings. The van der Waals surface area contributed by atoms with Crippen molar-refractivity contribution in [3.8, 4) is 11.3 Å². The molecule has 1 aromatic heterocycles. The molecule has 1 aliphatic heterocycles. The number of nitrogens with zero attached hydrogens (tertiary/aromatic N) is 3. The highest BCUT2D eigenvalue weighted by Crippen LogP contribution is 2.24. The highest BCUT2D eigenvalue weighted by Gasteiger charge is 2.29. The van der Waals surface area contributed by atoms with Gasteiger partial charge in [0.1, 0.15) is 5.03 Å². The van der Waals surface area contributed by atoms with Crippen molar-refractivity contribution in [2.45, 2.75) is 37.5 Å². The van der Waals surface area contributed by atoms with Crippen LogP contribution in [0.1, 0.15) is 41.3 Å². The molecule has 1 aliphatic rings. The van der Waals surface area contributed by atoms with Gasteiger partial charge in [-0.2, -0.15) is 0 Å². The maximum atomic E-state index is 12.9. The molecular formula is C27H29N3O3S. The summed E-state index contributed by atoms with van der Waals surface area (Å²) < 4.78 is 5.14. The van der Waals surface area contributed by atoms with Crippen molar-refractivity contribution in [3.63, 3.8) is 0 Å². The normalized spacial score (nSPS) is 15.7. The van der Waals surface area contributed by atoms with Crippen molar-refractivity contribution in [2.24, 2.45) is 5.92 Å². The Morgan fingerprint density at radius 1 is 1.03 bits per heavy atom. The van der Waals surface area contributed by atoms with Crippen LogP contribution in [0.5, 0.6) is 0 Å². The summed E-state index contributed by atoms with van der Waals surface area (Å²) in [6.45, 7) is 5.32. The third-order valence-electron chi connectivity index (χ3n) is 5.90. The summed E-state index contributed by atoms with van der Waals surface area (Å²) in [7, 11) is 0. The van der Waals surface area contributed by atoms with Crippen molar-refractivity contribution in [2.75, 3.05) is 19.7 Å². The van der Waals surface area contributed by atoms with Crippen LogP contribution < -0.4 is 0 Å². The highest BCUT2D eigenvalue weighted by atomic mass is 32.2. The molecule has 0 bridgehead atoms. The second-order valence-electron chi connectivity index (χ2n) is 8.45. The van der Waals surface area contributed by atoms with Gasteiger partial charge in [-0.15, -0.1) is 10.2 Å². The first-order valence-electron chi connectivity index (χ1n) is 11.6. The van der Waals surface area contributed by atoms with Crippen LogP contribution in [-0.4, -0.2) is 46.7 Å². The zero-order valence-electron chi connectivity index (χ0n) is 19.6. The molecule has 0 spiro atoms. The van der Waals surface area contributed by atoms with Crippen LogP contribution in [0.4, 0.5) is 0 Å². The van der Waals surface area contributed by atoms with Gasteiger partial charge in [0.05, 0.1) is 18.2 Å². The molecule has 4 rings (SSSR count). The van der Waals surface area contributed by atoms with Gasteiger partial charge < -0.3 is 9.64 Å². The Morgan fingerprint density at radius 3 is 2.47 bits per heavy atom. The number of aromatic nitrogens is 2. The number of piperidine rings is 1. The first-order valence-corrected chi connectivity index (χ1v) is 12.6. The maximum absolute atomic E-state index is 12.9. The van der Waals surface area contributed by atoms with Crippen molar-refractivity contribution in [1.82, 2.24) is 15.1 Å². The van der Waals surface area contributed by atoms with E-state index >= 15 is 0 Å². The zero-order chi connectivity index (χ0) is 23.9. The average Bonchev–Trinajstić information content (AvgIpc) is 2.88. The summed E-state index contributed by atoms with van der Waals surface area (Å²) >= 11 is 1.61. The molecule has 176 valence electrons. The number of hydrogen-bond donors (Lipinski definition) is 0. The lowest BCUT2D eigenvalue weighted by Crippen LogP contribution is -2.42. The molecule has 7 heteroatoms. The topological polar surface area (TPSA) is 72.4 Å². The Kier molecular flexibility index (Phi) is 7.95. The fourth-order valence-corrected chi connectivity index (χ4v) is 4.74. The number of amides is 1. The van der Waals surface area contributed by atoms with E-state index in [-0.39, 0.29) is 17.8 Å². The Labute approximate surface area is 204 Å². The number of likely N-dealkylation sites (tertiary alicyclic amines) is 1. The minimum Gasteiger partial charge on any atom is -0.466 e. The summed E-state index contributed by atoms with van der Waals surface area (Å²) in [6.07, 6.45) is 1.58. The summed E-state index contributed by atoms with van der Waals surface area (Å²) in [5.74, 6) is 0.266. The largest absolute Gasteiger partial charge is 0.466 e. The molecule has 6 nitrogen and oxygen atoms in total. The number of carbonyl (C=O) groups is 2. The number of hydrogen-bond acceptors (Lipinski definition) is 6. The van der Waals surface area contributed by atoms with Crippen molar-refractivity contribution < 1.29 is 14.3 Å². The second-order valence-corrected chi connectivity index (χ2v) is 9.45. The van der Waals surface area contributed by atoms with E-state index in [1.165, 1.54) is 5.56 Å². The monoisotopic (exact) mass is 475 g/mol. The smallest absolute Gasteiger partial charge is 0.310 e. The number of carbonyl (C=O) groups excluding carboxylic acids is 2. The molecule has 2 heterocycles. The van der Waals surface area contributed by atoms with E-state index in [1.54, 1.807) is 23.6 Å². The van der Waals surface area contributed by atoms with Gasteiger partial charge in [0.25, 0.3) is 5.91 Å². The van der Waals surface area contributed by atoms with Crippen molar-refractivity contribution in [1.29, 1.82) is 0 Å². The number of rotatable bonds is 7. The highest BCUT2D eigenvalue weighted by molar-refractivity contribution is 7.98. The molecule has 0 radical (unpaired) electrons. The van der Waals surface area contributed by atoms with E-state index in [4.69, 9.17) is 4.74 Å². The van der Waals surface area contributed by atoms with Crippen LogP contribution in [0.25, 0.3) is 11.3 Å². The number of aryl methyl sites for hydroxylation is 1. The number of ether oxygens (including phenoxy) is 1. The molecule has 1 amide bonds. The minimum atomic E-state index is -0.230.